The molecule has 0 amide bonds. The Labute approximate surface area is 619 Å². The quantitative estimate of drug-likeness (QED) is 0.116. The fourth-order valence-electron chi connectivity index (χ4n) is 25.3. The van der Waals surface area contributed by atoms with Gasteiger partial charge in [-0.25, -0.2) is 0 Å². The van der Waals surface area contributed by atoms with Crippen LogP contribution in [0.2, 0.25) is 0 Å². The van der Waals surface area contributed by atoms with Gasteiger partial charge in [-0.2, -0.15) is 0 Å². The molecule has 4 aliphatic heterocycles. The van der Waals surface area contributed by atoms with Crippen LogP contribution in [-0.2, 0) is 71.5 Å². The lowest BCUT2D eigenvalue weighted by Gasteiger charge is -2.58. The van der Waals surface area contributed by atoms with Crippen molar-refractivity contribution in [2.75, 3.05) is 59.5 Å². The van der Waals surface area contributed by atoms with Crippen molar-refractivity contribution in [3.8, 4) is 12.3 Å². The van der Waals surface area contributed by atoms with E-state index < -0.39 is 66.5 Å². The van der Waals surface area contributed by atoms with Gasteiger partial charge in [0, 0.05) is 140 Å². The van der Waals surface area contributed by atoms with Crippen molar-refractivity contribution in [1.82, 2.24) is 0 Å². The van der Waals surface area contributed by atoms with Gasteiger partial charge in [-0.05, 0) is 124 Å². The molecule has 11 aliphatic carbocycles. The van der Waals surface area contributed by atoms with Crippen LogP contribution < -0.4 is 0 Å². The number of terminal acetylenes is 1. The Morgan fingerprint density at radius 3 is 1.15 bits per heavy atom. The standard InChI is InChI=1S/C22H32O4.3C22H30O4/c3*1-5-19(3)12-16(14-23)21-7-6-15(2)20(4,17(24)13-19)18(21)22(9-8-21)25-10-11-26-22;1-6-19(4,15-23)14-17(24)20(5)16(3)8-9-21(7-2)10-11-22(18(20)21)25-12-13-26-22/h5,12,15,18,23H,1,6-11,13-14H2,2-4H3;2*5,12,14-15,18H,1,6-11,13H2,2-4H3;2,6,15-16,18H,1,8-14H2,3-5H3/b;16-12+;16-12-;/t2*15?,18?,19-,20-,21-;15-,18?,19+,20?,21+;16-,18?,19-,20?,21+/m0011/s1. The first kappa shape index (κ1) is 78.6. The second-order valence-corrected chi connectivity index (χ2v) is 37.0. The minimum Gasteiger partial charge on any atom is -0.392 e. The van der Waals surface area contributed by atoms with E-state index in [-0.39, 0.29) is 105 Å². The zero-order valence-electron chi connectivity index (χ0n) is 64.9. The highest BCUT2D eigenvalue weighted by molar-refractivity contribution is 5.91. The molecule has 16 heteroatoms. The molecular weight excluding hydrogens is 1310 g/mol. The predicted molar refractivity (Wildman–Crippen MR) is 395 cm³/mol. The van der Waals surface area contributed by atoms with Crippen LogP contribution in [0.5, 0.6) is 0 Å². The molecule has 4 spiro atoms. The largest absolute Gasteiger partial charge is 0.392 e. The predicted octanol–water partition coefficient (Wildman–Crippen LogP) is 14.9. The van der Waals surface area contributed by atoms with Crippen molar-refractivity contribution in [3.63, 3.8) is 0 Å². The highest BCUT2D eigenvalue weighted by Crippen LogP contribution is 2.75. The summed E-state index contributed by atoms with van der Waals surface area (Å²) in [6, 6.07) is 0. The average molecular weight is 1440 g/mol. The Morgan fingerprint density at radius 1 is 0.490 bits per heavy atom. The third-order valence-corrected chi connectivity index (χ3v) is 32.0. The van der Waals surface area contributed by atoms with Crippen molar-refractivity contribution in [2.45, 2.75) is 235 Å². The van der Waals surface area contributed by atoms with Gasteiger partial charge in [0.2, 0.25) is 0 Å². The SMILES string of the molecule is C#C[C@@]12CC[C@@H](C)C(C)(C(=O)C[C@@](C)(C=C)C=O)C1C1(CC2)OCCO1.C=C[C@@]1(C)/C=C(/C=O)[C@@]23CC[C@@H](C)C(C)(C(=O)C1)C2C1(CC3)OCCO1.C=C[C@@]1(C)/C=C(\C=O)[C@@]23CCC(C)[C@@](C)(C(=O)C1)C2C1(CC3)OCCO1.C=C[C@@]1(C)C=C(CO)[C@@]23CCC(C)[C@@](C)(C(=O)C1)C2C1(CC3)OCCO1. The molecular formula is C88H122O16. The zero-order valence-corrected chi connectivity index (χ0v) is 64.9. The number of ether oxygens (including phenoxy) is 8. The number of Topliss-reactive ketones (excluding diaryl/α,β-unsaturated/α-hetero) is 4. The lowest BCUT2D eigenvalue weighted by Crippen LogP contribution is -2.60. The summed E-state index contributed by atoms with van der Waals surface area (Å²) >= 11 is 0. The van der Waals surface area contributed by atoms with E-state index in [1.165, 1.54) is 0 Å². The van der Waals surface area contributed by atoms with Gasteiger partial charge in [-0.1, -0.05) is 125 Å². The van der Waals surface area contributed by atoms with E-state index in [2.05, 4.69) is 93.7 Å². The zero-order chi connectivity index (χ0) is 75.6. The summed E-state index contributed by atoms with van der Waals surface area (Å²) in [5.41, 5.74) is -3.17. The summed E-state index contributed by atoms with van der Waals surface area (Å²) < 4.78 is 49.5. The van der Waals surface area contributed by atoms with Gasteiger partial charge in [0.1, 0.15) is 42.0 Å². The molecule has 0 radical (unpaired) electrons. The minimum atomic E-state index is -0.862. The molecule has 1 N–H and O–H groups in total. The number of carbonyl (C=O) groups excluding carboxylic acids is 7. The van der Waals surface area contributed by atoms with Crippen molar-refractivity contribution in [2.24, 2.45) is 112 Å². The summed E-state index contributed by atoms with van der Waals surface area (Å²) in [6.45, 7) is 45.1. The number of rotatable bonds is 11. The number of ketones is 4. The van der Waals surface area contributed by atoms with Crippen LogP contribution >= 0.6 is 0 Å². The Bertz CT molecular complexity index is 3490. The van der Waals surface area contributed by atoms with Crippen LogP contribution in [0.3, 0.4) is 0 Å². The molecule has 8 unspecified atom stereocenters. The fourth-order valence-corrected chi connectivity index (χ4v) is 25.3. The third kappa shape index (κ3) is 11.4. The Morgan fingerprint density at radius 2 is 0.817 bits per heavy atom. The van der Waals surface area contributed by atoms with Crippen molar-refractivity contribution in [1.29, 1.82) is 0 Å². The van der Waals surface area contributed by atoms with E-state index in [4.69, 9.17) is 44.3 Å². The molecule has 12 fully saturated rings. The molecule has 15 rings (SSSR count). The van der Waals surface area contributed by atoms with E-state index in [0.717, 1.165) is 138 Å². The highest BCUT2D eigenvalue weighted by atomic mass is 16.8. The molecule has 4 heterocycles. The van der Waals surface area contributed by atoms with Gasteiger partial charge in [-0.15, -0.1) is 32.7 Å². The molecule has 4 saturated heterocycles. The number of aliphatic hydroxyl groups excluding tert-OH is 1. The van der Waals surface area contributed by atoms with E-state index in [9.17, 15) is 38.7 Å². The van der Waals surface area contributed by atoms with E-state index in [1.807, 2.05) is 51.2 Å². The minimum absolute atomic E-state index is 0.0225. The second-order valence-electron chi connectivity index (χ2n) is 37.0. The monoisotopic (exact) mass is 1430 g/mol. The molecule has 15 aliphatic rings. The number of carbonyl (C=O) groups is 7. The van der Waals surface area contributed by atoms with Gasteiger partial charge in [-0.3, -0.25) is 28.8 Å². The molecule has 20 atom stereocenters. The van der Waals surface area contributed by atoms with E-state index in [0.29, 0.717) is 72.1 Å². The lowest BCUT2D eigenvalue weighted by molar-refractivity contribution is -0.235. The van der Waals surface area contributed by atoms with Crippen LogP contribution in [0.15, 0.2) is 85.6 Å². The smallest absolute Gasteiger partial charge is 0.173 e. The van der Waals surface area contributed by atoms with Crippen molar-refractivity contribution < 1.29 is 76.6 Å². The average Bonchev–Trinajstić information content (AvgIpc) is 1.52. The first-order chi connectivity index (χ1) is 49.0. The van der Waals surface area contributed by atoms with Crippen LogP contribution in [-0.4, -0.2) is 130 Å². The van der Waals surface area contributed by atoms with Crippen LogP contribution in [0.25, 0.3) is 0 Å². The number of hydrogen-bond donors (Lipinski definition) is 1. The Kier molecular flexibility index (Phi) is 20.6. The Balaban J connectivity index is 0.000000130. The summed E-state index contributed by atoms with van der Waals surface area (Å²) in [4.78, 5) is 90.8. The van der Waals surface area contributed by atoms with Gasteiger partial charge in [0.05, 0.1) is 59.5 Å². The maximum Gasteiger partial charge on any atom is 0.173 e. The first-order valence-corrected chi connectivity index (χ1v) is 39.4. The molecule has 0 aromatic rings. The van der Waals surface area contributed by atoms with Crippen LogP contribution in [0, 0.1) is 125 Å². The molecule has 104 heavy (non-hydrogen) atoms. The van der Waals surface area contributed by atoms with Crippen LogP contribution in [0.1, 0.15) is 212 Å². The molecule has 8 saturated carbocycles. The number of fused-ring (bicyclic) bond motifs is 2. The number of allylic oxidation sites excluding steroid dienone is 9. The lowest BCUT2D eigenvalue weighted by atomic mass is 9.46. The normalized spacial score (nSPS) is 46.4. The summed E-state index contributed by atoms with van der Waals surface area (Å²) in [5.74, 6) is 1.47. The maximum atomic E-state index is 13.7. The summed E-state index contributed by atoms with van der Waals surface area (Å²) in [5, 5.41) is 10.4. The van der Waals surface area contributed by atoms with E-state index in [1.54, 1.807) is 13.0 Å². The molecule has 6 bridgehead atoms. The van der Waals surface area contributed by atoms with Gasteiger partial charge < -0.3 is 47.8 Å². The van der Waals surface area contributed by atoms with E-state index >= 15 is 0 Å². The second kappa shape index (κ2) is 27.3. The van der Waals surface area contributed by atoms with Crippen LogP contribution in [0.4, 0.5) is 0 Å². The first-order valence-electron chi connectivity index (χ1n) is 39.4. The number of hydrogen-bond acceptors (Lipinski definition) is 16. The molecule has 16 nitrogen and oxygen atoms in total. The Hall–Kier alpha value is -4.93. The summed E-state index contributed by atoms with van der Waals surface area (Å²) in [7, 11) is 0. The van der Waals surface area contributed by atoms with Gasteiger partial charge in [0.15, 0.2) is 23.1 Å². The molecule has 0 aromatic carbocycles. The number of aldehydes is 3. The number of aliphatic hydroxyl groups is 1. The molecule has 570 valence electrons. The van der Waals surface area contributed by atoms with Crippen molar-refractivity contribution >= 4 is 42.0 Å². The highest BCUT2D eigenvalue weighted by Gasteiger charge is 2.76. The topological polar surface area (TPSA) is 214 Å². The fraction of sp³-hybridized carbons (Fsp3) is 0.739. The summed E-state index contributed by atoms with van der Waals surface area (Å²) in [6.07, 6.45) is 37.3. The van der Waals surface area contributed by atoms with Gasteiger partial charge >= 0.3 is 0 Å². The maximum absolute atomic E-state index is 13.7. The van der Waals surface area contributed by atoms with Gasteiger partial charge in [0.25, 0.3) is 0 Å². The third-order valence-electron chi connectivity index (χ3n) is 32.0. The molecule has 0 aromatic heterocycles. The van der Waals surface area contributed by atoms with Crippen molar-refractivity contribution in [3.05, 3.63) is 85.6 Å².